The lowest BCUT2D eigenvalue weighted by atomic mass is 9.97. The van der Waals surface area contributed by atoms with Gasteiger partial charge >= 0.3 is 12.1 Å². The Bertz CT molecular complexity index is 789. The maximum Gasteiger partial charge on any atom is 0.408 e. The van der Waals surface area contributed by atoms with Gasteiger partial charge in [0.05, 0.1) is 0 Å². The Morgan fingerprint density at radius 3 is 2.38 bits per heavy atom. The lowest BCUT2D eigenvalue weighted by Crippen LogP contribution is -2.53. The fraction of sp³-hybridized carbons (Fsp3) is 0.500. The van der Waals surface area contributed by atoms with Crippen LogP contribution in [0.25, 0.3) is 0 Å². The van der Waals surface area contributed by atoms with Crippen LogP contribution in [0.4, 0.5) is 4.79 Å². The third kappa shape index (κ3) is 5.69. The molecular formula is C20H27N3O6. The molecular weight excluding hydrogens is 378 g/mol. The summed E-state index contributed by atoms with van der Waals surface area (Å²) in [5.41, 5.74) is -1.77. The number of aliphatic carboxylic acids is 1. The van der Waals surface area contributed by atoms with Gasteiger partial charge in [0.15, 0.2) is 0 Å². The third-order valence-corrected chi connectivity index (χ3v) is 4.56. The first kappa shape index (κ1) is 22.2. The number of nitrogens with one attached hydrogen (secondary N) is 2. The van der Waals surface area contributed by atoms with E-state index < -0.39 is 41.7 Å². The second kappa shape index (κ2) is 8.50. The Labute approximate surface area is 169 Å². The normalized spacial score (nSPS) is 21.4. The van der Waals surface area contributed by atoms with Crippen molar-refractivity contribution in [1.82, 2.24) is 15.5 Å². The van der Waals surface area contributed by atoms with E-state index in [4.69, 9.17) is 4.74 Å². The molecule has 0 bridgehead atoms. The van der Waals surface area contributed by atoms with Gasteiger partial charge < -0.3 is 25.4 Å². The summed E-state index contributed by atoms with van der Waals surface area (Å²) < 4.78 is 5.08. The number of benzene rings is 1. The van der Waals surface area contributed by atoms with Crippen molar-refractivity contribution in [2.24, 2.45) is 0 Å². The van der Waals surface area contributed by atoms with Crippen molar-refractivity contribution < 1.29 is 29.0 Å². The van der Waals surface area contributed by atoms with Crippen molar-refractivity contribution >= 4 is 23.9 Å². The first-order chi connectivity index (χ1) is 13.4. The molecule has 0 aliphatic carbocycles. The molecule has 1 aliphatic rings. The minimum absolute atomic E-state index is 0.0240. The van der Waals surface area contributed by atoms with E-state index in [0.717, 1.165) is 0 Å². The average molecular weight is 405 g/mol. The van der Waals surface area contributed by atoms with Crippen molar-refractivity contribution in [2.45, 2.75) is 51.3 Å². The second-order valence-electron chi connectivity index (χ2n) is 8.18. The molecule has 0 spiro atoms. The largest absolute Gasteiger partial charge is 0.480 e. The van der Waals surface area contributed by atoms with E-state index in [2.05, 4.69) is 10.6 Å². The molecule has 1 saturated heterocycles. The monoisotopic (exact) mass is 405 g/mol. The van der Waals surface area contributed by atoms with Crippen LogP contribution >= 0.6 is 0 Å². The van der Waals surface area contributed by atoms with E-state index in [-0.39, 0.29) is 18.9 Å². The number of carboxylic acids is 1. The zero-order valence-corrected chi connectivity index (χ0v) is 17.0. The van der Waals surface area contributed by atoms with Gasteiger partial charge in [-0.2, -0.15) is 0 Å². The first-order valence-corrected chi connectivity index (χ1v) is 9.29. The fourth-order valence-electron chi connectivity index (χ4n) is 3.17. The van der Waals surface area contributed by atoms with Gasteiger partial charge in [0.2, 0.25) is 5.91 Å². The SMILES string of the molecule is CC(C)(C)OC(=O)NCC(=O)N1CC(NC(=O)c2ccccc2)CC1(C)C(=O)O. The van der Waals surface area contributed by atoms with Gasteiger partial charge in [-0.3, -0.25) is 9.59 Å². The predicted molar refractivity (Wildman–Crippen MR) is 104 cm³/mol. The molecule has 9 heteroatoms. The highest BCUT2D eigenvalue weighted by Gasteiger charge is 2.50. The molecule has 1 aromatic rings. The van der Waals surface area contributed by atoms with Crippen LogP contribution < -0.4 is 10.6 Å². The summed E-state index contributed by atoms with van der Waals surface area (Å²) in [7, 11) is 0. The third-order valence-electron chi connectivity index (χ3n) is 4.56. The standard InChI is InChI=1S/C20H27N3O6/c1-19(2,3)29-18(28)21-11-15(24)23-12-14(10-20(23,4)17(26)27)22-16(25)13-8-6-5-7-9-13/h5-9,14H,10-12H2,1-4H3,(H,21,28)(H,22,25)(H,26,27). The Morgan fingerprint density at radius 2 is 1.83 bits per heavy atom. The molecule has 1 aromatic carbocycles. The molecule has 2 unspecified atom stereocenters. The lowest BCUT2D eigenvalue weighted by Gasteiger charge is -2.31. The summed E-state index contributed by atoms with van der Waals surface area (Å²) in [4.78, 5) is 49.8. The number of ether oxygens (including phenoxy) is 1. The van der Waals surface area contributed by atoms with Gasteiger partial charge in [-0.1, -0.05) is 18.2 Å². The lowest BCUT2D eigenvalue weighted by molar-refractivity contribution is -0.154. The zero-order chi connectivity index (χ0) is 21.8. The van der Waals surface area contributed by atoms with Crippen LogP contribution in [-0.4, -0.2) is 64.2 Å². The Kier molecular flexibility index (Phi) is 6.51. The molecule has 0 radical (unpaired) electrons. The van der Waals surface area contributed by atoms with Crippen molar-refractivity contribution in [3.05, 3.63) is 35.9 Å². The number of hydrogen-bond donors (Lipinski definition) is 3. The molecule has 29 heavy (non-hydrogen) atoms. The number of nitrogens with zero attached hydrogens (tertiary/aromatic N) is 1. The number of alkyl carbamates (subject to hydrolysis) is 1. The molecule has 9 nitrogen and oxygen atoms in total. The topological polar surface area (TPSA) is 125 Å². The van der Waals surface area contributed by atoms with Gasteiger partial charge in [0, 0.05) is 24.6 Å². The van der Waals surface area contributed by atoms with Gasteiger partial charge in [0.25, 0.3) is 5.91 Å². The first-order valence-electron chi connectivity index (χ1n) is 9.29. The second-order valence-corrected chi connectivity index (χ2v) is 8.18. The molecule has 2 atom stereocenters. The minimum Gasteiger partial charge on any atom is -0.480 e. The maximum absolute atomic E-state index is 12.6. The van der Waals surface area contributed by atoms with Gasteiger partial charge in [-0.05, 0) is 39.8 Å². The van der Waals surface area contributed by atoms with Crippen molar-refractivity contribution in [3.8, 4) is 0 Å². The van der Waals surface area contributed by atoms with Crippen LogP contribution in [0.5, 0.6) is 0 Å². The Morgan fingerprint density at radius 1 is 1.21 bits per heavy atom. The molecule has 3 amide bonds. The number of amides is 3. The summed E-state index contributed by atoms with van der Waals surface area (Å²) in [6, 6.07) is 8.00. The highest BCUT2D eigenvalue weighted by molar-refractivity contribution is 5.95. The molecule has 2 rings (SSSR count). The van der Waals surface area contributed by atoms with Crippen LogP contribution in [0.2, 0.25) is 0 Å². The Balaban J connectivity index is 2.04. The van der Waals surface area contributed by atoms with Crippen molar-refractivity contribution in [2.75, 3.05) is 13.1 Å². The van der Waals surface area contributed by atoms with Crippen LogP contribution in [0.3, 0.4) is 0 Å². The van der Waals surface area contributed by atoms with Crippen LogP contribution in [0.1, 0.15) is 44.5 Å². The number of hydrogen-bond acceptors (Lipinski definition) is 5. The predicted octanol–water partition coefficient (Wildman–Crippen LogP) is 1.39. The highest BCUT2D eigenvalue weighted by atomic mass is 16.6. The van der Waals surface area contributed by atoms with E-state index in [1.54, 1.807) is 51.1 Å². The summed E-state index contributed by atoms with van der Waals surface area (Å²) in [6.07, 6.45) is -0.713. The molecule has 1 aliphatic heterocycles. The molecule has 0 saturated carbocycles. The van der Waals surface area contributed by atoms with E-state index in [9.17, 15) is 24.3 Å². The highest BCUT2D eigenvalue weighted by Crippen LogP contribution is 2.30. The number of carboxylic acid groups (broad SMARTS) is 1. The van der Waals surface area contributed by atoms with Crippen molar-refractivity contribution in [1.29, 1.82) is 0 Å². The molecule has 3 N–H and O–H groups in total. The molecule has 158 valence electrons. The number of carbonyl (C=O) groups is 4. The summed E-state index contributed by atoms with van der Waals surface area (Å²) in [5, 5.41) is 14.8. The van der Waals surface area contributed by atoms with Gasteiger partial charge in [-0.15, -0.1) is 0 Å². The van der Waals surface area contributed by atoms with Crippen molar-refractivity contribution in [3.63, 3.8) is 0 Å². The molecule has 1 fully saturated rings. The average Bonchev–Trinajstić information content (AvgIpc) is 2.96. The van der Waals surface area contributed by atoms with Gasteiger partial charge in [0.1, 0.15) is 17.7 Å². The zero-order valence-electron chi connectivity index (χ0n) is 17.0. The number of carbonyl (C=O) groups excluding carboxylic acids is 3. The van der Waals surface area contributed by atoms with Crippen LogP contribution in [-0.2, 0) is 14.3 Å². The molecule has 1 heterocycles. The Hall–Kier alpha value is -3.10. The summed E-state index contributed by atoms with van der Waals surface area (Å²) >= 11 is 0. The molecule has 0 aromatic heterocycles. The number of rotatable bonds is 5. The van der Waals surface area contributed by atoms with Crippen LogP contribution in [0.15, 0.2) is 30.3 Å². The maximum atomic E-state index is 12.6. The van der Waals surface area contributed by atoms with Crippen LogP contribution in [0, 0.1) is 0 Å². The quantitative estimate of drug-likeness (QED) is 0.680. The van der Waals surface area contributed by atoms with E-state index in [1.165, 1.54) is 11.8 Å². The van der Waals surface area contributed by atoms with E-state index in [1.807, 2.05) is 0 Å². The summed E-state index contributed by atoms with van der Waals surface area (Å²) in [5.74, 6) is -2.10. The number of likely N-dealkylation sites (tertiary alicyclic amines) is 1. The summed E-state index contributed by atoms with van der Waals surface area (Å²) in [6.45, 7) is 6.12. The van der Waals surface area contributed by atoms with Gasteiger partial charge in [-0.25, -0.2) is 9.59 Å². The van der Waals surface area contributed by atoms with E-state index in [0.29, 0.717) is 5.56 Å². The fourth-order valence-corrected chi connectivity index (χ4v) is 3.17. The minimum atomic E-state index is -1.50. The van der Waals surface area contributed by atoms with E-state index >= 15 is 0 Å². The smallest absolute Gasteiger partial charge is 0.408 e.